The van der Waals surface area contributed by atoms with Crippen LogP contribution in [0.15, 0.2) is 132 Å². The number of benzene rings is 4. The van der Waals surface area contributed by atoms with E-state index in [0.29, 0.717) is 11.4 Å². The van der Waals surface area contributed by atoms with Crippen LogP contribution in [0.4, 0.5) is 0 Å². The van der Waals surface area contributed by atoms with E-state index in [1.165, 1.54) is 0 Å². The summed E-state index contributed by atoms with van der Waals surface area (Å²) in [6.07, 6.45) is -0.416. The molecule has 0 atom stereocenters. The largest absolute Gasteiger partial charge is 0.273 e. The number of hydrogen-bond donors (Lipinski definition) is 2. The van der Waals surface area contributed by atoms with Gasteiger partial charge >= 0.3 is 0 Å². The third-order valence-electron chi connectivity index (χ3n) is 5.09. The molecule has 0 bridgehead atoms. The molecule has 4 aromatic rings. The lowest BCUT2D eigenvalue weighted by molar-refractivity contribution is -0.129. The van der Waals surface area contributed by atoms with Gasteiger partial charge in [-0.15, -0.1) is 0 Å². The molecule has 0 radical (unpaired) electrons. The Bertz CT molecular complexity index is 1130. The molecule has 0 unspecified atom stereocenters. The number of rotatable bonds is 8. The van der Waals surface area contributed by atoms with Crippen molar-refractivity contribution in [1.29, 1.82) is 0 Å². The smallest absolute Gasteiger partial charge is 0.249 e. The first-order valence-corrected chi connectivity index (χ1v) is 11.2. The zero-order valence-corrected chi connectivity index (χ0v) is 19.0. The van der Waals surface area contributed by atoms with Crippen molar-refractivity contribution in [3.8, 4) is 0 Å². The first kappa shape index (κ1) is 23.3. The van der Waals surface area contributed by atoms with Gasteiger partial charge in [-0.25, -0.2) is 10.9 Å². The summed E-state index contributed by atoms with van der Waals surface area (Å²) in [4.78, 5) is 25.0. The molecule has 0 aliphatic rings. The van der Waals surface area contributed by atoms with Crippen molar-refractivity contribution >= 4 is 23.2 Å². The highest BCUT2D eigenvalue weighted by molar-refractivity contribution is 6.14. The summed E-state index contributed by atoms with van der Waals surface area (Å²) in [6.45, 7) is 0. The molecule has 4 rings (SSSR count). The summed E-state index contributed by atoms with van der Waals surface area (Å²) in [5.74, 6) is -1.08. The van der Waals surface area contributed by atoms with Gasteiger partial charge in [0.25, 0.3) is 0 Å². The van der Waals surface area contributed by atoms with Gasteiger partial charge in [0.15, 0.2) is 0 Å². The summed E-state index contributed by atoms with van der Waals surface area (Å²) < 4.78 is 0. The number of hydrogen-bond acceptors (Lipinski definition) is 4. The summed E-state index contributed by atoms with van der Waals surface area (Å²) in [7, 11) is 0. The van der Waals surface area contributed by atoms with Crippen LogP contribution in [0.1, 0.15) is 28.7 Å². The summed E-state index contributed by atoms with van der Waals surface area (Å²) in [6, 6.07) is 38.1. The Morgan fingerprint density at radius 1 is 0.457 bits per heavy atom. The fraction of sp³-hybridized carbons (Fsp3) is 0.0345. The molecular weight excluding hydrogens is 436 g/mol. The maximum atomic E-state index is 12.5. The van der Waals surface area contributed by atoms with Gasteiger partial charge in [0, 0.05) is 22.3 Å². The second-order valence-electron chi connectivity index (χ2n) is 7.63. The van der Waals surface area contributed by atoms with Gasteiger partial charge in [-0.05, 0) is 0 Å². The van der Waals surface area contributed by atoms with Crippen LogP contribution in [0.3, 0.4) is 0 Å². The van der Waals surface area contributed by atoms with Gasteiger partial charge in [0.2, 0.25) is 11.8 Å². The lowest BCUT2D eigenvalue weighted by Gasteiger charge is -2.09. The second-order valence-corrected chi connectivity index (χ2v) is 7.63. The van der Waals surface area contributed by atoms with Gasteiger partial charge in [-0.1, -0.05) is 121 Å². The molecule has 4 aromatic carbocycles. The third-order valence-corrected chi connectivity index (χ3v) is 5.09. The van der Waals surface area contributed by atoms with Crippen molar-refractivity contribution in [3.05, 3.63) is 144 Å². The van der Waals surface area contributed by atoms with Gasteiger partial charge in [-0.2, -0.15) is 10.2 Å². The molecule has 6 nitrogen and oxygen atoms in total. The van der Waals surface area contributed by atoms with E-state index in [2.05, 4.69) is 21.1 Å². The lowest BCUT2D eigenvalue weighted by Crippen LogP contribution is -2.28. The van der Waals surface area contributed by atoms with Crippen molar-refractivity contribution in [1.82, 2.24) is 10.9 Å². The van der Waals surface area contributed by atoms with E-state index in [0.717, 1.165) is 22.3 Å². The van der Waals surface area contributed by atoms with E-state index in [4.69, 9.17) is 0 Å². The topological polar surface area (TPSA) is 82.9 Å². The third kappa shape index (κ3) is 6.58. The summed E-state index contributed by atoms with van der Waals surface area (Å²) in [5.41, 5.74) is 9.61. The zero-order valence-electron chi connectivity index (χ0n) is 19.0. The van der Waals surface area contributed by atoms with Crippen LogP contribution in [0.2, 0.25) is 0 Å². The predicted octanol–water partition coefficient (Wildman–Crippen LogP) is 4.51. The molecule has 0 fully saturated rings. The Kier molecular flexibility index (Phi) is 7.90. The van der Waals surface area contributed by atoms with Crippen molar-refractivity contribution in [2.24, 2.45) is 10.2 Å². The maximum Gasteiger partial charge on any atom is 0.249 e. The van der Waals surface area contributed by atoms with E-state index in [1.807, 2.05) is 121 Å². The Labute approximate surface area is 204 Å². The number of carbonyl (C=O) groups excluding carboxylic acids is 2. The highest BCUT2D eigenvalue weighted by Gasteiger charge is 2.12. The average molecular weight is 461 g/mol. The molecule has 0 spiro atoms. The van der Waals surface area contributed by atoms with Gasteiger partial charge < -0.3 is 0 Å². The standard InChI is InChI=1S/C29H24N4O2/c34-26(30-32-28(22-13-5-1-6-14-22)23-15-7-2-8-16-23)21-27(35)31-33-29(24-17-9-3-10-18-24)25-19-11-4-12-20-25/h1-20H,21H2,(H,30,34)(H,31,35). The van der Waals surface area contributed by atoms with Crippen LogP contribution in [0.25, 0.3) is 0 Å². The molecular formula is C29H24N4O2. The van der Waals surface area contributed by atoms with Crippen LogP contribution in [0.5, 0.6) is 0 Å². The zero-order chi connectivity index (χ0) is 24.3. The first-order chi connectivity index (χ1) is 17.2. The fourth-order valence-electron chi connectivity index (χ4n) is 3.44. The minimum Gasteiger partial charge on any atom is -0.273 e. The van der Waals surface area contributed by atoms with E-state index in [9.17, 15) is 9.59 Å². The monoisotopic (exact) mass is 460 g/mol. The van der Waals surface area contributed by atoms with E-state index < -0.39 is 18.2 Å². The van der Waals surface area contributed by atoms with Crippen LogP contribution in [-0.2, 0) is 9.59 Å². The minimum absolute atomic E-state index is 0.416. The van der Waals surface area contributed by atoms with Crippen LogP contribution in [0, 0.1) is 0 Å². The summed E-state index contributed by atoms with van der Waals surface area (Å²) in [5, 5.41) is 8.62. The maximum absolute atomic E-state index is 12.5. The number of amides is 2. The van der Waals surface area contributed by atoms with Gasteiger partial charge in [0.05, 0.1) is 11.4 Å². The molecule has 0 aromatic heterocycles. The molecule has 0 saturated heterocycles. The van der Waals surface area contributed by atoms with Crippen molar-refractivity contribution < 1.29 is 9.59 Å². The Morgan fingerprint density at radius 3 is 0.971 bits per heavy atom. The quantitative estimate of drug-likeness (QED) is 0.230. The minimum atomic E-state index is -0.539. The van der Waals surface area contributed by atoms with E-state index in [-0.39, 0.29) is 0 Å². The van der Waals surface area contributed by atoms with Crippen molar-refractivity contribution in [2.45, 2.75) is 6.42 Å². The highest BCUT2D eigenvalue weighted by atomic mass is 16.2. The average Bonchev–Trinajstić information content (AvgIpc) is 2.91. The molecule has 0 saturated carbocycles. The number of nitrogens with one attached hydrogen (secondary N) is 2. The molecule has 0 aliphatic heterocycles. The van der Waals surface area contributed by atoms with E-state index in [1.54, 1.807) is 0 Å². The molecule has 172 valence electrons. The normalized spacial score (nSPS) is 10.1. The SMILES string of the molecule is O=C(CC(=O)NN=C(c1ccccc1)c1ccccc1)NN=C(c1ccccc1)c1ccccc1. The molecule has 6 heteroatoms. The molecule has 0 heterocycles. The summed E-state index contributed by atoms with van der Waals surface area (Å²) >= 11 is 0. The fourth-order valence-corrected chi connectivity index (χ4v) is 3.44. The van der Waals surface area contributed by atoms with Crippen LogP contribution < -0.4 is 10.9 Å². The van der Waals surface area contributed by atoms with Gasteiger partial charge in [0.1, 0.15) is 6.42 Å². The number of carbonyl (C=O) groups is 2. The Balaban J connectivity index is 1.46. The first-order valence-electron chi connectivity index (χ1n) is 11.2. The number of hydrazone groups is 2. The predicted molar refractivity (Wildman–Crippen MR) is 138 cm³/mol. The van der Waals surface area contributed by atoms with Crippen LogP contribution in [-0.4, -0.2) is 23.2 Å². The highest BCUT2D eigenvalue weighted by Crippen LogP contribution is 2.11. The Morgan fingerprint density at radius 2 is 0.714 bits per heavy atom. The molecule has 2 amide bonds. The van der Waals surface area contributed by atoms with Gasteiger partial charge in [-0.3, -0.25) is 9.59 Å². The van der Waals surface area contributed by atoms with Crippen molar-refractivity contribution in [3.63, 3.8) is 0 Å². The Hall–Kier alpha value is -4.84. The van der Waals surface area contributed by atoms with Crippen molar-refractivity contribution in [2.75, 3.05) is 0 Å². The number of nitrogens with zero attached hydrogens (tertiary/aromatic N) is 2. The molecule has 2 N–H and O–H groups in total. The lowest BCUT2D eigenvalue weighted by atomic mass is 10.0. The van der Waals surface area contributed by atoms with E-state index >= 15 is 0 Å². The molecule has 35 heavy (non-hydrogen) atoms. The molecule has 0 aliphatic carbocycles. The second kappa shape index (κ2) is 11.9. The van der Waals surface area contributed by atoms with Crippen LogP contribution >= 0.6 is 0 Å².